The van der Waals surface area contributed by atoms with Gasteiger partial charge in [-0.05, 0) is 106 Å². The van der Waals surface area contributed by atoms with Crippen molar-refractivity contribution in [3.8, 4) is 22.3 Å². The molecule has 0 saturated heterocycles. The number of allylic oxidation sites excluding steroid dienone is 1. The van der Waals surface area contributed by atoms with E-state index in [1.807, 2.05) is 12.1 Å². The summed E-state index contributed by atoms with van der Waals surface area (Å²) in [5.74, 6) is 0.463. The SMILES string of the molecule is CCCC1=Cc2cc(-c3cccc(F)c3)ccc2C1.CCCC1Cc2ccc(-c3cccc(F)c3)cc2C1. The Morgan fingerprint density at radius 3 is 1.87 bits per heavy atom. The summed E-state index contributed by atoms with van der Waals surface area (Å²) in [7, 11) is 0. The van der Waals surface area contributed by atoms with E-state index in [4.69, 9.17) is 0 Å². The predicted molar refractivity (Wildman–Crippen MR) is 156 cm³/mol. The first-order valence-electron chi connectivity index (χ1n) is 14.0. The fourth-order valence-corrected chi connectivity index (χ4v) is 5.90. The first-order chi connectivity index (χ1) is 18.5. The van der Waals surface area contributed by atoms with Crippen LogP contribution in [0.15, 0.2) is 90.5 Å². The van der Waals surface area contributed by atoms with Gasteiger partial charge in [0.1, 0.15) is 11.6 Å². The summed E-state index contributed by atoms with van der Waals surface area (Å²) in [5, 5.41) is 0. The van der Waals surface area contributed by atoms with E-state index < -0.39 is 0 Å². The summed E-state index contributed by atoms with van der Waals surface area (Å²) >= 11 is 0. The Morgan fingerprint density at radius 2 is 1.24 bits per heavy atom. The number of hydrogen-bond donors (Lipinski definition) is 0. The molecule has 4 aromatic carbocycles. The van der Waals surface area contributed by atoms with Crippen LogP contribution in [0.4, 0.5) is 8.78 Å². The van der Waals surface area contributed by atoms with Crippen molar-refractivity contribution in [3.63, 3.8) is 0 Å². The fourth-order valence-electron chi connectivity index (χ4n) is 5.90. The van der Waals surface area contributed by atoms with Gasteiger partial charge in [-0.1, -0.05) is 99.4 Å². The molecule has 0 bridgehead atoms. The van der Waals surface area contributed by atoms with Gasteiger partial charge in [0.15, 0.2) is 0 Å². The fraction of sp³-hybridized carbons (Fsp3) is 0.278. The predicted octanol–water partition coefficient (Wildman–Crippen LogP) is 10.2. The van der Waals surface area contributed by atoms with Gasteiger partial charge in [-0.15, -0.1) is 0 Å². The second-order valence-electron chi connectivity index (χ2n) is 10.7. The number of fused-ring (bicyclic) bond motifs is 2. The molecule has 1 atom stereocenters. The monoisotopic (exact) mass is 506 g/mol. The molecule has 0 saturated carbocycles. The Hall–Kier alpha value is -3.52. The second kappa shape index (κ2) is 11.9. The molecule has 6 rings (SSSR count). The smallest absolute Gasteiger partial charge is 0.123 e. The molecule has 0 amide bonds. The highest BCUT2D eigenvalue weighted by Gasteiger charge is 2.21. The third kappa shape index (κ3) is 6.13. The van der Waals surface area contributed by atoms with Crippen LogP contribution in [0.5, 0.6) is 0 Å². The Morgan fingerprint density at radius 1 is 0.632 bits per heavy atom. The molecule has 0 fully saturated rings. The van der Waals surface area contributed by atoms with E-state index in [1.54, 1.807) is 24.3 Å². The van der Waals surface area contributed by atoms with Gasteiger partial charge in [0, 0.05) is 0 Å². The van der Waals surface area contributed by atoms with Gasteiger partial charge >= 0.3 is 0 Å². The largest absolute Gasteiger partial charge is 0.207 e. The highest BCUT2D eigenvalue weighted by Crippen LogP contribution is 2.33. The average molecular weight is 507 g/mol. The van der Waals surface area contributed by atoms with Crippen molar-refractivity contribution < 1.29 is 8.78 Å². The van der Waals surface area contributed by atoms with Crippen LogP contribution in [-0.2, 0) is 19.3 Å². The minimum Gasteiger partial charge on any atom is -0.207 e. The van der Waals surface area contributed by atoms with Crippen molar-refractivity contribution in [1.29, 1.82) is 0 Å². The van der Waals surface area contributed by atoms with Crippen LogP contribution >= 0.6 is 0 Å². The van der Waals surface area contributed by atoms with E-state index in [2.05, 4.69) is 56.3 Å². The van der Waals surface area contributed by atoms with Gasteiger partial charge in [-0.25, -0.2) is 8.78 Å². The lowest BCUT2D eigenvalue weighted by molar-refractivity contribution is 0.507. The maximum Gasteiger partial charge on any atom is 0.123 e. The van der Waals surface area contributed by atoms with Crippen molar-refractivity contribution >= 4 is 6.08 Å². The molecular weight excluding hydrogens is 470 g/mol. The standard InChI is InChI=1S/C18H19F.C18H17F/c2*1-2-4-13-9-15-7-8-16(11-17(15)10-13)14-5-3-6-18(19)12-14/h3,5-8,11-13H,2,4,9-10H2,1H3;3,5-8,10-12H,2,4,9H2,1H3. The number of rotatable bonds is 6. The van der Waals surface area contributed by atoms with Gasteiger partial charge in [0.05, 0.1) is 0 Å². The normalized spacial score (nSPS) is 15.4. The first kappa shape index (κ1) is 26.1. The Kier molecular flexibility index (Phi) is 8.17. The molecule has 0 heterocycles. The van der Waals surface area contributed by atoms with Crippen molar-refractivity contribution in [2.24, 2.45) is 5.92 Å². The molecule has 0 aliphatic heterocycles. The average Bonchev–Trinajstić information content (AvgIpc) is 3.51. The van der Waals surface area contributed by atoms with E-state index in [9.17, 15) is 8.78 Å². The van der Waals surface area contributed by atoms with Crippen LogP contribution in [-0.4, -0.2) is 0 Å². The molecule has 2 aliphatic rings. The lowest BCUT2D eigenvalue weighted by Gasteiger charge is -2.05. The minimum atomic E-state index is -0.180. The highest BCUT2D eigenvalue weighted by molar-refractivity contribution is 5.72. The maximum atomic E-state index is 13.3. The molecule has 1 unspecified atom stereocenters. The van der Waals surface area contributed by atoms with Crippen LogP contribution < -0.4 is 0 Å². The van der Waals surface area contributed by atoms with Gasteiger partial charge in [-0.2, -0.15) is 0 Å². The number of benzene rings is 4. The lowest BCUT2D eigenvalue weighted by atomic mass is 10.00. The molecule has 194 valence electrons. The number of halogens is 2. The Bertz CT molecular complexity index is 1440. The van der Waals surface area contributed by atoms with Crippen LogP contribution in [0.2, 0.25) is 0 Å². The molecule has 2 heteroatoms. The molecular formula is C36H36F2. The zero-order chi connectivity index (χ0) is 26.5. The van der Waals surface area contributed by atoms with Crippen LogP contribution in [0.1, 0.15) is 61.8 Å². The lowest BCUT2D eigenvalue weighted by Crippen LogP contribution is -1.97. The molecule has 0 radical (unpaired) electrons. The van der Waals surface area contributed by atoms with E-state index in [0.717, 1.165) is 34.6 Å². The molecule has 0 aromatic heterocycles. The van der Waals surface area contributed by atoms with E-state index in [-0.39, 0.29) is 11.6 Å². The van der Waals surface area contributed by atoms with Crippen molar-refractivity contribution in [3.05, 3.63) is 124 Å². The molecule has 2 aliphatic carbocycles. The third-order valence-corrected chi connectivity index (χ3v) is 7.73. The minimum absolute atomic E-state index is 0.165. The Labute approximate surface area is 226 Å². The molecule has 4 aromatic rings. The zero-order valence-corrected chi connectivity index (χ0v) is 22.4. The third-order valence-electron chi connectivity index (χ3n) is 7.73. The van der Waals surface area contributed by atoms with Gasteiger partial charge < -0.3 is 0 Å². The van der Waals surface area contributed by atoms with E-state index >= 15 is 0 Å². The summed E-state index contributed by atoms with van der Waals surface area (Å²) in [5.41, 5.74) is 11.3. The molecule has 0 spiro atoms. The first-order valence-corrected chi connectivity index (χ1v) is 14.0. The summed E-state index contributed by atoms with van der Waals surface area (Å²) in [6.07, 6.45) is 10.7. The summed E-state index contributed by atoms with van der Waals surface area (Å²) in [6, 6.07) is 26.7. The highest BCUT2D eigenvalue weighted by atomic mass is 19.1. The van der Waals surface area contributed by atoms with Crippen LogP contribution in [0.25, 0.3) is 28.3 Å². The summed E-state index contributed by atoms with van der Waals surface area (Å²) in [6.45, 7) is 4.46. The second-order valence-corrected chi connectivity index (χ2v) is 10.7. The molecule has 0 nitrogen and oxygen atoms in total. The van der Waals surface area contributed by atoms with Crippen molar-refractivity contribution in [2.75, 3.05) is 0 Å². The summed E-state index contributed by atoms with van der Waals surface area (Å²) < 4.78 is 26.6. The maximum absolute atomic E-state index is 13.3. The van der Waals surface area contributed by atoms with Crippen molar-refractivity contribution in [2.45, 2.75) is 58.8 Å². The van der Waals surface area contributed by atoms with Crippen LogP contribution in [0.3, 0.4) is 0 Å². The number of hydrogen-bond acceptors (Lipinski definition) is 0. The zero-order valence-electron chi connectivity index (χ0n) is 22.4. The van der Waals surface area contributed by atoms with Crippen molar-refractivity contribution in [1.82, 2.24) is 0 Å². The van der Waals surface area contributed by atoms with E-state index in [0.29, 0.717) is 0 Å². The van der Waals surface area contributed by atoms with E-state index in [1.165, 1.54) is 78.5 Å². The molecule has 38 heavy (non-hydrogen) atoms. The topological polar surface area (TPSA) is 0 Å². The van der Waals surface area contributed by atoms with Crippen LogP contribution in [0, 0.1) is 17.6 Å². The van der Waals surface area contributed by atoms with Gasteiger partial charge in [0.2, 0.25) is 0 Å². The molecule has 0 N–H and O–H groups in total. The quantitative estimate of drug-likeness (QED) is 0.244. The summed E-state index contributed by atoms with van der Waals surface area (Å²) in [4.78, 5) is 0. The van der Waals surface area contributed by atoms with Gasteiger partial charge in [-0.3, -0.25) is 0 Å². The Balaban J connectivity index is 0.000000155. The van der Waals surface area contributed by atoms with Gasteiger partial charge in [0.25, 0.3) is 0 Å².